The Morgan fingerprint density at radius 3 is 2.62 bits per heavy atom. The van der Waals surface area contributed by atoms with E-state index in [-0.39, 0.29) is 5.92 Å². The van der Waals surface area contributed by atoms with E-state index in [1.54, 1.807) is 0 Å². The van der Waals surface area contributed by atoms with Gasteiger partial charge in [-0.25, -0.2) is 0 Å². The first kappa shape index (κ1) is 11.9. The Morgan fingerprint density at radius 2 is 2.00 bits per heavy atom. The van der Waals surface area contributed by atoms with Gasteiger partial charge in [0.1, 0.15) is 0 Å². The summed E-state index contributed by atoms with van der Waals surface area (Å²) in [5.41, 5.74) is 0. The molecule has 4 atom stereocenters. The van der Waals surface area contributed by atoms with Crippen LogP contribution in [0.25, 0.3) is 0 Å². The molecule has 0 spiro atoms. The van der Waals surface area contributed by atoms with Gasteiger partial charge in [-0.1, -0.05) is 6.92 Å². The van der Waals surface area contributed by atoms with E-state index >= 15 is 0 Å². The average Bonchev–Trinajstić information content (AvgIpc) is 2.64. The summed E-state index contributed by atoms with van der Waals surface area (Å²) in [4.78, 5) is 12.1. The molecule has 16 heavy (non-hydrogen) atoms. The van der Waals surface area contributed by atoms with Crippen molar-refractivity contribution in [3.63, 3.8) is 0 Å². The lowest BCUT2D eigenvalue weighted by Gasteiger charge is -2.28. The molecular formula is C13H24N2O. The molecule has 2 fully saturated rings. The van der Waals surface area contributed by atoms with Crippen LogP contribution in [0.2, 0.25) is 0 Å². The molecule has 4 unspecified atom stereocenters. The minimum absolute atomic E-state index is 0.243. The molecule has 1 amide bonds. The topological polar surface area (TPSA) is 41.1 Å². The number of piperidine rings is 1. The fraction of sp³-hybridized carbons (Fsp3) is 0.923. The van der Waals surface area contributed by atoms with E-state index in [0.29, 0.717) is 18.0 Å². The molecule has 1 heterocycles. The fourth-order valence-corrected chi connectivity index (χ4v) is 3.03. The van der Waals surface area contributed by atoms with E-state index in [9.17, 15) is 4.79 Å². The van der Waals surface area contributed by atoms with Crippen molar-refractivity contribution in [1.29, 1.82) is 0 Å². The zero-order chi connectivity index (χ0) is 11.5. The highest BCUT2D eigenvalue weighted by Crippen LogP contribution is 2.25. The molecule has 1 aliphatic carbocycles. The highest BCUT2D eigenvalue weighted by molar-refractivity contribution is 5.79. The van der Waals surface area contributed by atoms with Crippen LogP contribution < -0.4 is 10.6 Å². The predicted molar refractivity (Wildman–Crippen MR) is 65.1 cm³/mol. The van der Waals surface area contributed by atoms with Crippen LogP contribution in [0.4, 0.5) is 0 Å². The molecule has 1 saturated heterocycles. The lowest BCUT2D eigenvalue weighted by Crippen LogP contribution is -2.44. The molecule has 0 aromatic heterocycles. The van der Waals surface area contributed by atoms with E-state index in [2.05, 4.69) is 24.5 Å². The van der Waals surface area contributed by atoms with Gasteiger partial charge in [0.2, 0.25) is 5.91 Å². The van der Waals surface area contributed by atoms with Crippen LogP contribution in [0.15, 0.2) is 0 Å². The van der Waals surface area contributed by atoms with Crippen LogP contribution in [-0.2, 0) is 4.79 Å². The van der Waals surface area contributed by atoms with Crippen molar-refractivity contribution in [1.82, 2.24) is 10.6 Å². The van der Waals surface area contributed by atoms with Crippen LogP contribution in [-0.4, -0.2) is 24.5 Å². The average molecular weight is 224 g/mol. The molecule has 3 heteroatoms. The standard InChI is InChI=1S/C13H24N2O/c1-9-3-4-12(7-9)15-13(16)11-5-6-14-10(2)8-11/h9-12,14H,3-8H2,1-2H3,(H,15,16). The fourth-order valence-electron chi connectivity index (χ4n) is 3.03. The highest BCUT2D eigenvalue weighted by Gasteiger charge is 2.28. The number of amides is 1. The summed E-state index contributed by atoms with van der Waals surface area (Å²) >= 11 is 0. The van der Waals surface area contributed by atoms with Crippen molar-refractivity contribution >= 4 is 5.91 Å². The Hall–Kier alpha value is -0.570. The summed E-state index contributed by atoms with van der Waals surface area (Å²) < 4.78 is 0. The summed E-state index contributed by atoms with van der Waals surface area (Å²) in [5, 5.41) is 6.62. The van der Waals surface area contributed by atoms with Gasteiger partial charge in [0.15, 0.2) is 0 Å². The van der Waals surface area contributed by atoms with Crippen LogP contribution in [0, 0.1) is 11.8 Å². The van der Waals surface area contributed by atoms with Crippen molar-refractivity contribution in [2.24, 2.45) is 11.8 Å². The van der Waals surface area contributed by atoms with Gasteiger partial charge in [-0.05, 0) is 51.5 Å². The van der Waals surface area contributed by atoms with Crippen molar-refractivity contribution in [2.75, 3.05) is 6.54 Å². The van der Waals surface area contributed by atoms with Gasteiger partial charge in [-0.15, -0.1) is 0 Å². The van der Waals surface area contributed by atoms with Crippen molar-refractivity contribution in [3.8, 4) is 0 Å². The van der Waals surface area contributed by atoms with Gasteiger partial charge in [0.25, 0.3) is 0 Å². The maximum absolute atomic E-state index is 12.1. The second-order valence-corrected chi connectivity index (χ2v) is 5.70. The Morgan fingerprint density at radius 1 is 1.19 bits per heavy atom. The summed E-state index contributed by atoms with van der Waals surface area (Å²) in [6, 6.07) is 0.944. The normalized spacial score (nSPS) is 39.6. The van der Waals surface area contributed by atoms with Crippen LogP contribution in [0.5, 0.6) is 0 Å². The van der Waals surface area contributed by atoms with E-state index in [0.717, 1.165) is 25.3 Å². The monoisotopic (exact) mass is 224 g/mol. The van der Waals surface area contributed by atoms with Crippen LogP contribution >= 0.6 is 0 Å². The van der Waals surface area contributed by atoms with Gasteiger partial charge >= 0.3 is 0 Å². The lowest BCUT2D eigenvalue weighted by molar-refractivity contribution is -0.126. The van der Waals surface area contributed by atoms with E-state index < -0.39 is 0 Å². The Kier molecular flexibility index (Phi) is 3.85. The third-order valence-electron chi connectivity index (χ3n) is 4.04. The number of hydrogen-bond donors (Lipinski definition) is 2. The summed E-state index contributed by atoms with van der Waals surface area (Å²) in [6.07, 6.45) is 5.61. The lowest BCUT2D eigenvalue weighted by atomic mass is 9.92. The predicted octanol–water partition coefficient (Wildman–Crippen LogP) is 1.68. The smallest absolute Gasteiger partial charge is 0.223 e. The number of nitrogens with one attached hydrogen (secondary N) is 2. The summed E-state index contributed by atoms with van der Waals surface area (Å²) in [7, 11) is 0. The van der Waals surface area contributed by atoms with E-state index in [4.69, 9.17) is 0 Å². The summed E-state index contributed by atoms with van der Waals surface area (Å²) in [5.74, 6) is 1.33. The van der Waals surface area contributed by atoms with Gasteiger partial charge in [0.05, 0.1) is 0 Å². The minimum atomic E-state index is 0.243. The number of rotatable bonds is 2. The third-order valence-corrected chi connectivity index (χ3v) is 4.04. The zero-order valence-corrected chi connectivity index (χ0v) is 10.5. The molecule has 2 rings (SSSR count). The van der Waals surface area contributed by atoms with Gasteiger partial charge < -0.3 is 10.6 Å². The third kappa shape index (κ3) is 2.97. The zero-order valence-electron chi connectivity index (χ0n) is 10.5. The first-order valence-corrected chi connectivity index (χ1v) is 6.69. The Balaban J connectivity index is 1.78. The maximum Gasteiger partial charge on any atom is 0.223 e. The first-order chi connectivity index (χ1) is 7.65. The summed E-state index contributed by atoms with van der Waals surface area (Å²) in [6.45, 7) is 5.43. The van der Waals surface area contributed by atoms with Gasteiger partial charge in [-0.2, -0.15) is 0 Å². The molecule has 0 aromatic rings. The second-order valence-electron chi connectivity index (χ2n) is 5.70. The van der Waals surface area contributed by atoms with E-state index in [1.165, 1.54) is 19.3 Å². The van der Waals surface area contributed by atoms with E-state index in [1.807, 2.05) is 0 Å². The Bertz CT molecular complexity index is 254. The van der Waals surface area contributed by atoms with Gasteiger partial charge in [0, 0.05) is 18.0 Å². The molecule has 2 N–H and O–H groups in total. The van der Waals surface area contributed by atoms with Crippen molar-refractivity contribution in [2.45, 2.75) is 58.0 Å². The molecule has 0 aromatic carbocycles. The molecule has 0 radical (unpaired) electrons. The SMILES string of the molecule is CC1CCC(NC(=O)C2CCNC(C)C2)C1. The second kappa shape index (κ2) is 5.17. The number of carbonyl (C=O) groups excluding carboxylic acids is 1. The van der Waals surface area contributed by atoms with Crippen molar-refractivity contribution in [3.05, 3.63) is 0 Å². The Labute approximate surface area is 98.4 Å². The van der Waals surface area contributed by atoms with Gasteiger partial charge in [-0.3, -0.25) is 4.79 Å². The molecule has 92 valence electrons. The van der Waals surface area contributed by atoms with Crippen LogP contribution in [0.1, 0.15) is 46.0 Å². The molecule has 1 saturated carbocycles. The highest BCUT2D eigenvalue weighted by atomic mass is 16.1. The number of hydrogen-bond acceptors (Lipinski definition) is 2. The first-order valence-electron chi connectivity index (χ1n) is 6.69. The molecule has 2 aliphatic rings. The molecular weight excluding hydrogens is 200 g/mol. The van der Waals surface area contributed by atoms with Crippen LogP contribution in [0.3, 0.4) is 0 Å². The molecule has 3 nitrogen and oxygen atoms in total. The maximum atomic E-state index is 12.1. The largest absolute Gasteiger partial charge is 0.353 e. The number of carbonyl (C=O) groups is 1. The molecule has 0 bridgehead atoms. The quantitative estimate of drug-likeness (QED) is 0.749. The minimum Gasteiger partial charge on any atom is -0.353 e. The van der Waals surface area contributed by atoms with Crippen molar-refractivity contribution < 1.29 is 4.79 Å². The molecule has 1 aliphatic heterocycles.